The largest absolute Gasteiger partial charge is 0.490 e. The summed E-state index contributed by atoms with van der Waals surface area (Å²) >= 11 is 0. The fourth-order valence-corrected chi connectivity index (χ4v) is 3.88. The van der Waals surface area contributed by atoms with Gasteiger partial charge < -0.3 is 20.5 Å². The van der Waals surface area contributed by atoms with Gasteiger partial charge in [-0.05, 0) is 24.6 Å². The third-order valence-corrected chi connectivity index (χ3v) is 5.56. The minimum atomic E-state index is -0.268. The van der Waals surface area contributed by atoms with E-state index in [2.05, 4.69) is 22.3 Å². The average molecular weight is 381 g/mol. The molecule has 1 saturated heterocycles. The van der Waals surface area contributed by atoms with Gasteiger partial charge in [-0.25, -0.2) is 0 Å². The molecule has 2 heterocycles. The Morgan fingerprint density at radius 2 is 1.86 bits per heavy atom. The maximum absolute atomic E-state index is 12.8. The molecular weight excluding hydrogens is 354 g/mol. The molecule has 1 fully saturated rings. The first-order valence-corrected chi connectivity index (χ1v) is 9.87. The van der Waals surface area contributed by atoms with Crippen molar-refractivity contribution in [2.24, 2.45) is 5.73 Å². The van der Waals surface area contributed by atoms with Crippen LogP contribution in [0.2, 0.25) is 0 Å². The highest BCUT2D eigenvalue weighted by molar-refractivity contribution is 5.94. The Morgan fingerprint density at radius 3 is 2.64 bits per heavy atom. The molecule has 1 unspecified atom stereocenters. The molecule has 3 atom stereocenters. The number of benzene rings is 2. The van der Waals surface area contributed by atoms with E-state index in [9.17, 15) is 4.79 Å². The van der Waals surface area contributed by atoms with Crippen LogP contribution in [0.4, 0.5) is 5.69 Å². The van der Waals surface area contributed by atoms with Gasteiger partial charge in [0, 0.05) is 43.2 Å². The van der Waals surface area contributed by atoms with Crippen LogP contribution in [0.15, 0.2) is 48.5 Å². The van der Waals surface area contributed by atoms with Crippen molar-refractivity contribution in [3.63, 3.8) is 0 Å². The molecule has 0 saturated carbocycles. The molecule has 2 aromatic carbocycles. The van der Waals surface area contributed by atoms with Crippen LogP contribution in [0.1, 0.15) is 24.8 Å². The van der Waals surface area contributed by atoms with Crippen molar-refractivity contribution in [1.29, 1.82) is 0 Å². The van der Waals surface area contributed by atoms with E-state index < -0.39 is 0 Å². The molecule has 2 aliphatic rings. The zero-order valence-electron chi connectivity index (χ0n) is 16.1. The number of hydrogen-bond donors (Lipinski definition) is 2. The van der Waals surface area contributed by atoms with E-state index in [1.54, 1.807) is 0 Å². The molecule has 28 heavy (non-hydrogen) atoms. The molecule has 3 N–H and O–H groups in total. The number of rotatable bonds is 4. The van der Waals surface area contributed by atoms with Gasteiger partial charge in [-0.3, -0.25) is 9.69 Å². The van der Waals surface area contributed by atoms with Crippen LogP contribution in [-0.2, 0) is 4.79 Å². The molecule has 4 rings (SSSR count). The van der Waals surface area contributed by atoms with E-state index in [-0.39, 0.29) is 23.9 Å². The van der Waals surface area contributed by atoms with Crippen LogP contribution in [0.3, 0.4) is 0 Å². The van der Waals surface area contributed by atoms with Gasteiger partial charge in [-0.1, -0.05) is 30.3 Å². The molecule has 148 valence electrons. The normalized spacial score (nSPS) is 23.1. The number of fused-ring (bicyclic) bond motifs is 1. The van der Waals surface area contributed by atoms with Gasteiger partial charge in [0.25, 0.3) is 0 Å². The molecule has 0 spiro atoms. The SMILES string of the molecule is CC(C(=O)Nc1ccc2c(c1)OCCCO2)N1C[C@@H](N)[C@H](c2ccccc2)C1. The highest BCUT2D eigenvalue weighted by atomic mass is 16.5. The molecule has 2 aromatic rings. The number of ether oxygens (including phenoxy) is 2. The van der Waals surface area contributed by atoms with E-state index in [0.29, 0.717) is 31.2 Å². The quantitative estimate of drug-likeness (QED) is 0.851. The summed E-state index contributed by atoms with van der Waals surface area (Å²) in [7, 11) is 0. The van der Waals surface area contributed by atoms with Crippen molar-refractivity contribution in [3.05, 3.63) is 54.1 Å². The molecular formula is C22H27N3O3. The standard InChI is InChI=1S/C22H27N3O3/c1-15(25-13-18(19(23)14-25)16-6-3-2-4-7-16)22(26)24-17-8-9-20-21(12-17)28-11-5-10-27-20/h2-4,6-9,12,15,18-19H,5,10-11,13-14,23H2,1H3,(H,24,26)/t15?,18-,19+/m0/s1. The highest BCUT2D eigenvalue weighted by Gasteiger charge is 2.35. The van der Waals surface area contributed by atoms with Crippen LogP contribution < -0.4 is 20.5 Å². The van der Waals surface area contributed by atoms with Crippen molar-refractivity contribution < 1.29 is 14.3 Å². The van der Waals surface area contributed by atoms with Crippen LogP contribution >= 0.6 is 0 Å². The number of anilines is 1. The highest BCUT2D eigenvalue weighted by Crippen LogP contribution is 2.33. The van der Waals surface area contributed by atoms with Gasteiger partial charge in [0.1, 0.15) is 0 Å². The zero-order chi connectivity index (χ0) is 19.5. The van der Waals surface area contributed by atoms with Crippen molar-refractivity contribution in [2.75, 3.05) is 31.6 Å². The Kier molecular flexibility index (Phi) is 5.50. The predicted molar refractivity (Wildman–Crippen MR) is 109 cm³/mol. The topological polar surface area (TPSA) is 76.8 Å². The van der Waals surface area contributed by atoms with E-state index in [4.69, 9.17) is 15.2 Å². The maximum Gasteiger partial charge on any atom is 0.241 e. The minimum absolute atomic E-state index is 0.0238. The Hall–Kier alpha value is -2.57. The number of likely N-dealkylation sites (tertiary alicyclic amines) is 1. The fraction of sp³-hybridized carbons (Fsp3) is 0.409. The number of nitrogens with zero attached hydrogens (tertiary/aromatic N) is 1. The average Bonchev–Trinajstić information content (AvgIpc) is 2.95. The molecule has 6 heteroatoms. The lowest BCUT2D eigenvalue weighted by Crippen LogP contribution is -2.41. The van der Waals surface area contributed by atoms with Gasteiger partial charge in [0.05, 0.1) is 19.3 Å². The summed E-state index contributed by atoms with van der Waals surface area (Å²) in [6.07, 6.45) is 0.852. The monoisotopic (exact) mass is 381 g/mol. The Balaban J connectivity index is 1.41. The van der Waals surface area contributed by atoms with Gasteiger partial charge in [-0.15, -0.1) is 0 Å². The van der Waals surface area contributed by atoms with Crippen molar-refractivity contribution >= 4 is 11.6 Å². The minimum Gasteiger partial charge on any atom is -0.490 e. The second kappa shape index (κ2) is 8.20. The van der Waals surface area contributed by atoms with Gasteiger partial charge in [0.15, 0.2) is 11.5 Å². The summed E-state index contributed by atoms with van der Waals surface area (Å²) in [5, 5.41) is 3.00. The maximum atomic E-state index is 12.8. The summed E-state index contributed by atoms with van der Waals surface area (Å²) in [5.74, 6) is 1.60. The summed E-state index contributed by atoms with van der Waals surface area (Å²) < 4.78 is 11.3. The van der Waals surface area contributed by atoms with E-state index >= 15 is 0 Å². The first-order chi connectivity index (χ1) is 13.6. The van der Waals surface area contributed by atoms with Crippen LogP contribution in [0.25, 0.3) is 0 Å². The van der Waals surface area contributed by atoms with Crippen molar-refractivity contribution in [3.8, 4) is 11.5 Å². The molecule has 0 radical (unpaired) electrons. The molecule has 2 aliphatic heterocycles. The van der Waals surface area contributed by atoms with Crippen LogP contribution in [-0.4, -0.2) is 49.2 Å². The van der Waals surface area contributed by atoms with Crippen molar-refractivity contribution in [2.45, 2.75) is 31.3 Å². The molecule has 1 amide bonds. The fourth-order valence-electron chi connectivity index (χ4n) is 3.88. The zero-order valence-corrected chi connectivity index (χ0v) is 16.1. The number of amides is 1. The molecule has 0 aliphatic carbocycles. The lowest BCUT2D eigenvalue weighted by Gasteiger charge is -2.23. The number of carbonyl (C=O) groups is 1. The van der Waals surface area contributed by atoms with Crippen LogP contribution in [0.5, 0.6) is 11.5 Å². The first-order valence-electron chi connectivity index (χ1n) is 9.87. The predicted octanol–water partition coefficient (Wildman–Crippen LogP) is 2.60. The number of carbonyl (C=O) groups excluding carboxylic acids is 1. The number of nitrogens with two attached hydrogens (primary N) is 1. The van der Waals surface area contributed by atoms with E-state index in [0.717, 1.165) is 18.7 Å². The Morgan fingerprint density at radius 1 is 1.11 bits per heavy atom. The third-order valence-electron chi connectivity index (χ3n) is 5.56. The number of hydrogen-bond acceptors (Lipinski definition) is 5. The molecule has 6 nitrogen and oxygen atoms in total. The van der Waals surface area contributed by atoms with Gasteiger partial charge in [-0.2, -0.15) is 0 Å². The molecule has 0 aromatic heterocycles. The van der Waals surface area contributed by atoms with Gasteiger partial charge >= 0.3 is 0 Å². The van der Waals surface area contributed by atoms with Crippen molar-refractivity contribution in [1.82, 2.24) is 4.90 Å². The third kappa shape index (κ3) is 3.98. The summed E-state index contributed by atoms with van der Waals surface area (Å²) in [6.45, 7) is 4.68. The van der Waals surface area contributed by atoms with Crippen LogP contribution in [0, 0.1) is 0 Å². The van der Waals surface area contributed by atoms with Gasteiger partial charge in [0.2, 0.25) is 5.91 Å². The lowest BCUT2D eigenvalue weighted by molar-refractivity contribution is -0.120. The second-order valence-corrected chi connectivity index (χ2v) is 7.51. The summed E-state index contributed by atoms with van der Waals surface area (Å²) in [4.78, 5) is 15.0. The smallest absolute Gasteiger partial charge is 0.241 e. The first kappa shape index (κ1) is 18.8. The molecule has 0 bridgehead atoms. The Labute approximate surface area is 165 Å². The summed E-state index contributed by atoms with van der Waals surface area (Å²) in [5.41, 5.74) is 8.32. The van der Waals surface area contributed by atoms with E-state index in [1.807, 2.05) is 43.3 Å². The summed E-state index contributed by atoms with van der Waals surface area (Å²) in [6, 6.07) is 15.6. The number of nitrogens with one attached hydrogen (secondary N) is 1. The second-order valence-electron chi connectivity index (χ2n) is 7.51. The van der Waals surface area contributed by atoms with E-state index in [1.165, 1.54) is 5.56 Å². The lowest BCUT2D eigenvalue weighted by atomic mass is 9.95. The Bertz CT molecular complexity index is 827.